The van der Waals surface area contributed by atoms with Crippen LogP contribution in [0.15, 0.2) is 36.4 Å². The van der Waals surface area contributed by atoms with E-state index in [-0.39, 0.29) is 11.7 Å². The van der Waals surface area contributed by atoms with E-state index >= 15 is 0 Å². The number of aryl methyl sites for hydroxylation is 4. The monoisotopic (exact) mass is 411 g/mol. The van der Waals surface area contributed by atoms with Gasteiger partial charge in [0, 0.05) is 43.5 Å². The molecule has 2 aromatic heterocycles. The summed E-state index contributed by atoms with van der Waals surface area (Å²) >= 11 is 0. The van der Waals surface area contributed by atoms with E-state index in [1.54, 1.807) is 12.1 Å². The molecular weight excluding hydrogens is 381 g/mol. The fraction of sp³-hybridized carbons (Fsp3) is 0.435. The van der Waals surface area contributed by atoms with Gasteiger partial charge >= 0.3 is 0 Å². The predicted molar refractivity (Wildman–Crippen MR) is 115 cm³/mol. The van der Waals surface area contributed by atoms with Gasteiger partial charge in [-0.05, 0) is 69.5 Å². The molecular formula is C23H30FN5O. The van der Waals surface area contributed by atoms with E-state index in [0.29, 0.717) is 13.0 Å². The fourth-order valence-electron chi connectivity index (χ4n) is 3.52. The number of benzene rings is 1. The van der Waals surface area contributed by atoms with Crippen molar-refractivity contribution in [2.24, 2.45) is 0 Å². The molecule has 3 aromatic rings. The van der Waals surface area contributed by atoms with Crippen molar-refractivity contribution < 1.29 is 9.18 Å². The number of hydrogen-bond acceptors (Lipinski definition) is 3. The number of aromatic nitrogens is 4. The van der Waals surface area contributed by atoms with Gasteiger partial charge in [0.25, 0.3) is 0 Å². The minimum atomic E-state index is -0.246. The molecule has 0 aliphatic carbocycles. The van der Waals surface area contributed by atoms with E-state index < -0.39 is 0 Å². The normalized spacial score (nSPS) is 11.1. The van der Waals surface area contributed by atoms with E-state index in [2.05, 4.69) is 15.3 Å². The molecule has 1 aromatic carbocycles. The zero-order valence-corrected chi connectivity index (χ0v) is 18.0. The number of nitrogens with zero attached hydrogens (tertiary/aromatic N) is 4. The number of rotatable bonds is 10. The summed E-state index contributed by atoms with van der Waals surface area (Å²) in [5.41, 5.74) is 4.88. The Morgan fingerprint density at radius 3 is 2.60 bits per heavy atom. The zero-order chi connectivity index (χ0) is 21.5. The lowest BCUT2D eigenvalue weighted by atomic mass is 10.1. The van der Waals surface area contributed by atoms with Crippen molar-refractivity contribution >= 4 is 5.91 Å². The highest BCUT2D eigenvalue weighted by molar-refractivity contribution is 5.75. The van der Waals surface area contributed by atoms with Crippen LogP contribution in [0.25, 0.3) is 11.3 Å². The molecule has 0 spiro atoms. The number of nitrogens with one attached hydrogen (secondary N) is 1. The second-order valence-electron chi connectivity index (χ2n) is 7.81. The van der Waals surface area contributed by atoms with Crippen LogP contribution in [-0.4, -0.2) is 44.4 Å². The summed E-state index contributed by atoms with van der Waals surface area (Å²) < 4.78 is 14.9. The number of H-pyrrole nitrogens is 1. The molecule has 3 rings (SSSR count). The van der Waals surface area contributed by atoms with Crippen LogP contribution >= 0.6 is 0 Å². The maximum absolute atomic E-state index is 13.0. The second kappa shape index (κ2) is 10.2. The third-order valence-electron chi connectivity index (χ3n) is 5.28. The smallest absolute Gasteiger partial charge is 0.224 e. The summed E-state index contributed by atoms with van der Waals surface area (Å²) in [6.07, 6.45) is 4.42. The van der Waals surface area contributed by atoms with Crippen LogP contribution in [0.3, 0.4) is 0 Å². The predicted octanol–water partition coefficient (Wildman–Crippen LogP) is 4.29. The largest absolute Gasteiger partial charge is 0.346 e. The van der Waals surface area contributed by atoms with E-state index in [9.17, 15) is 9.18 Å². The molecule has 0 fully saturated rings. The first-order valence-electron chi connectivity index (χ1n) is 10.5. The Morgan fingerprint density at radius 1 is 1.13 bits per heavy atom. The van der Waals surface area contributed by atoms with Crippen LogP contribution in [0, 0.1) is 19.7 Å². The number of aromatic amines is 1. The van der Waals surface area contributed by atoms with Crippen LogP contribution in [0.2, 0.25) is 0 Å². The average Bonchev–Trinajstić information content (AvgIpc) is 3.32. The first-order valence-corrected chi connectivity index (χ1v) is 10.5. The van der Waals surface area contributed by atoms with Gasteiger partial charge in [0.05, 0.1) is 11.4 Å². The maximum Gasteiger partial charge on any atom is 0.224 e. The van der Waals surface area contributed by atoms with Gasteiger partial charge in [-0.25, -0.2) is 4.39 Å². The second-order valence-corrected chi connectivity index (χ2v) is 7.81. The number of halogens is 1. The summed E-state index contributed by atoms with van der Waals surface area (Å²) in [6.45, 7) is 5.36. The maximum atomic E-state index is 13.0. The topological polar surface area (TPSA) is 66.8 Å². The van der Waals surface area contributed by atoms with Crippen LogP contribution in [0.4, 0.5) is 4.39 Å². The van der Waals surface area contributed by atoms with Crippen molar-refractivity contribution in [1.82, 2.24) is 24.9 Å². The first-order chi connectivity index (χ1) is 14.4. The lowest BCUT2D eigenvalue weighted by Crippen LogP contribution is -2.28. The Balaban J connectivity index is 1.33. The van der Waals surface area contributed by atoms with Crippen LogP contribution in [0.1, 0.15) is 42.8 Å². The molecule has 1 N–H and O–H groups in total. The molecule has 0 aliphatic heterocycles. The van der Waals surface area contributed by atoms with Crippen molar-refractivity contribution in [3.8, 4) is 11.3 Å². The quantitative estimate of drug-likeness (QED) is 0.506. The Hall–Kier alpha value is -2.96. The highest BCUT2D eigenvalue weighted by atomic mass is 19.1. The number of carbonyl (C=O) groups excluding carboxylic acids is 1. The highest BCUT2D eigenvalue weighted by Crippen LogP contribution is 2.19. The van der Waals surface area contributed by atoms with Crippen molar-refractivity contribution in [3.63, 3.8) is 0 Å². The summed E-state index contributed by atoms with van der Waals surface area (Å²) in [5, 5.41) is 11.8. The van der Waals surface area contributed by atoms with Crippen molar-refractivity contribution in [2.75, 3.05) is 13.6 Å². The molecule has 6 nitrogen and oxygen atoms in total. The number of unbranched alkanes of at least 4 members (excludes halogenated alkanes) is 2. The van der Waals surface area contributed by atoms with Gasteiger partial charge < -0.3 is 4.90 Å². The Bertz CT molecular complexity index is 960. The lowest BCUT2D eigenvalue weighted by molar-refractivity contribution is -0.130. The minimum absolute atomic E-state index is 0.153. The summed E-state index contributed by atoms with van der Waals surface area (Å²) in [5.74, 6) is -0.0929. The van der Waals surface area contributed by atoms with Crippen molar-refractivity contribution in [1.29, 1.82) is 0 Å². The van der Waals surface area contributed by atoms with Crippen molar-refractivity contribution in [3.05, 3.63) is 59.3 Å². The standard InChI is InChI=1S/C23H30FN5O/c1-17-15-18(2)29(27-17)14-12-23(30)28(3)13-6-4-5-7-21-16-22(26-25-21)19-8-10-20(24)11-9-19/h8-11,15-16H,4-7,12-14H2,1-3H3,(H,25,26). The molecule has 0 saturated heterocycles. The summed E-state index contributed by atoms with van der Waals surface area (Å²) in [7, 11) is 1.87. The highest BCUT2D eigenvalue weighted by Gasteiger charge is 2.10. The molecule has 0 bridgehead atoms. The molecule has 0 unspecified atom stereocenters. The molecule has 30 heavy (non-hydrogen) atoms. The molecule has 160 valence electrons. The van der Waals surface area contributed by atoms with Gasteiger partial charge in [-0.3, -0.25) is 14.6 Å². The molecule has 0 atom stereocenters. The Kier molecular flexibility index (Phi) is 7.38. The van der Waals surface area contributed by atoms with Gasteiger partial charge in [0.1, 0.15) is 5.82 Å². The number of carbonyl (C=O) groups is 1. The van der Waals surface area contributed by atoms with E-state index in [1.807, 2.05) is 42.6 Å². The summed E-state index contributed by atoms with van der Waals surface area (Å²) in [4.78, 5) is 14.1. The van der Waals surface area contributed by atoms with Crippen LogP contribution in [0.5, 0.6) is 0 Å². The van der Waals surface area contributed by atoms with Gasteiger partial charge in [-0.1, -0.05) is 6.42 Å². The van der Waals surface area contributed by atoms with Crippen molar-refractivity contribution in [2.45, 2.75) is 52.5 Å². The van der Waals surface area contributed by atoms with E-state index in [1.165, 1.54) is 12.1 Å². The molecule has 7 heteroatoms. The number of amides is 1. The van der Waals surface area contributed by atoms with Gasteiger partial charge in [0.15, 0.2) is 0 Å². The molecule has 0 radical (unpaired) electrons. The molecule has 0 aliphatic rings. The van der Waals surface area contributed by atoms with E-state index in [4.69, 9.17) is 0 Å². The Labute approximate surface area is 177 Å². The van der Waals surface area contributed by atoms with Gasteiger partial charge in [0.2, 0.25) is 5.91 Å². The zero-order valence-electron chi connectivity index (χ0n) is 18.0. The van der Waals surface area contributed by atoms with Gasteiger partial charge in [-0.15, -0.1) is 0 Å². The minimum Gasteiger partial charge on any atom is -0.346 e. The van der Waals surface area contributed by atoms with Gasteiger partial charge in [-0.2, -0.15) is 10.2 Å². The molecule has 1 amide bonds. The van der Waals surface area contributed by atoms with Crippen LogP contribution in [-0.2, 0) is 17.8 Å². The molecule has 2 heterocycles. The Morgan fingerprint density at radius 2 is 1.90 bits per heavy atom. The lowest BCUT2D eigenvalue weighted by Gasteiger charge is -2.17. The summed E-state index contributed by atoms with van der Waals surface area (Å²) in [6, 6.07) is 10.4. The van der Waals surface area contributed by atoms with Crippen LogP contribution < -0.4 is 0 Å². The third kappa shape index (κ3) is 6.02. The van der Waals surface area contributed by atoms with E-state index in [0.717, 1.165) is 60.6 Å². The average molecular weight is 412 g/mol. The fourth-order valence-corrected chi connectivity index (χ4v) is 3.52. The molecule has 0 saturated carbocycles. The number of hydrogen-bond donors (Lipinski definition) is 1. The SMILES string of the molecule is Cc1cc(C)n(CCC(=O)N(C)CCCCCc2cc(-c3ccc(F)cc3)n[nH]2)n1. The first kappa shape index (κ1) is 21.7. The third-order valence-corrected chi connectivity index (χ3v) is 5.28.